The van der Waals surface area contributed by atoms with Crippen LogP contribution in [0.3, 0.4) is 0 Å². The van der Waals surface area contributed by atoms with Gasteiger partial charge in [0.1, 0.15) is 0 Å². The molecule has 0 saturated carbocycles. The van der Waals surface area contributed by atoms with Crippen LogP contribution in [0.15, 0.2) is 77.9 Å². The second-order valence-corrected chi connectivity index (χ2v) is 6.20. The number of aryl methyl sites for hydroxylation is 1. The molecule has 0 bridgehead atoms. The number of carboxylic acid groups (broad SMARTS) is 1. The summed E-state index contributed by atoms with van der Waals surface area (Å²) in [4.78, 5) is 23.3. The van der Waals surface area contributed by atoms with Gasteiger partial charge in [-0.3, -0.25) is 10.2 Å². The SMILES string of the molecule is Cc1ccc(C(=O)Nc2cccc(/C=N/Nc3cccc(C(=O)O)c3)c2)cc1. The van der Waals surface area contributed by atoms with Crippen molar-refractivity contribution >= 4 is 29.5 Å². The van der Waals surface area contributed by atoms with Gasteiger partial charge in [0, 0.05) is 11.3 Å². The molecule has 0 atom stereocenters. The predicted molar refractivity (Wildman–Crippen MR) is 110 cm³/mol. The second kappa shape index (κ2) is 8.64. The number of amides is 1. The Balaban J connectivity index is 1.65. The maximum atomic E-state index is 12.3. The second-order valence-electron chi connectivity index (χ2n) is 6.20. The zero-order valence-electron chi connectivity index (χ0n) is 15.2. The lowest BCUT2D eigenvalue weighted by molar-refractivity contribution is 0.0696. The minimum Gasteiger partial charge on any atom is -0.478 e. The van der Waals surface area contributed by atoms with Crippen molar-refractivity contribution < 1.29 is 14.7 Å². The molecule has 0 fully saturated rings. The van der Waals surface area contributed by atoms with E-state index in [2.05, 4.69) is 15.8 Å². The normalized spacial score (nSPS) is 10.6. The molecular weight excluding hydrogens is 354 g/mol. The first-order chi connectivity index (χ1) is 13.5. The van der Waals surface area contributed by atoms with Crippen molar-refractivity contribution in [1.29, 1.82) is 0 Å². The molecule has 28 heavy (non-hydrogen) atoms. The van der Waals surface area contributed by atoms with Crippen LogP contribution in [-0.4, -0.2) is 23.2 Å². The summed E-state index contributed by atoms with van der Waals surface area (Å²) >= 11 is 0. The Bertz CT molecular complexity index is 1030. The van der Waals surface area contributed by atoms with Crippen LogP contribution in [0.4, 0.5) is 11.4 Å². The van der Waals surface area contributed by atoms with E-state index in [-0.39, 0.29) is 11.5 Å². The third-order valence-corrected chi connectivity index (χ3v) is 3.98. The molecule has 3 aromatic rings. The summed E-state index contributed by atoms with van der Waals surface area (Å²) in [5.41, 5.74) is 6.67. The number of rotatable bonds is 6. The van der Waals surface area contributed by atoms with Gasteiger partial charge >= 0.3 is 5.97 Å². The predicted octanol–water partition coefficient (Wildman–Crippen LogP) is 4.39. The largest absolute Gasteiger partial charge is 0.478 e. The van der Waals surface area contributed by atoms with E-state index < -0.39 is 5.97 Å². The average molecular weight is 373 g/mol. The molecule has 3 rings (SSSR count). The van der Waals surface area contributed by atoms with E-state index in [1.54, 1.807) is 42.6 Å². The Labute approximate surface area is 162 Å². The molecule has 0 aliphatic rings. The lowest BCUT2D eigenvalue weighted by atomic mass is 10.1. The lowest BCUT2D eigenvalue weighted by Crippen LogP contribution is -2.11. The fraction of sp³-hybridized carbons (Fsp3) is 0.0455. The number of anilines is 2. The Morgan fingerprint density at radius 1 is 0.893 bits per heavy atom. The number of benzene rings is 3. The Hall–Kier alpha value is -3.93. The number of carbonyl (C=O) groups excluding carboxylic acids is 1. The standard InChI is InChI=1S/C22H19N3O3/c1-15-8-10-17(11-9-15)21(26)24-19-6-2-4-16(12-19)14-23-25-20-7-3-5-18(13-20)22(27)28/h2-14,25H,1H3,(H,24,26)(H,27,28)/b23-14+. The van der Waals surface area contributed by atoms with E-state index in [9.17, 15) is 9.59 Å². The van der Waals surface area contributed by atoms with Crippen molar-refractivity contribution in [3.63, 3.8) is 0 Å². The highest BCUT2D eigenvalue weighted by atomic mass is 16.4. The van der Waals surface area contributed by atoms with Crippen molar-refractivity contribution in [2.45, 2.75) is 6.92 Å². The molecule has 0 aliphatic heterocycles. The third-order valence-electron chi connectivity index (χ3n) is 3.98. The van der Waals surface area contributed by atoms with Crippen LogP contribution in [0.5, 0.6) is 0 Å². The molecule has 0 aromatic heterocycles. The van der Waals surface area contributed by atoms with E-state index in [1.807, 2.05) is 31.2 Å². The van der Waals surface area contributed by atoms with Gasteiger partial charge in [-0.1, -0.05) is 35.9 Å². The van der Waals surface area contributed by atoms with E-state index >= 15 is 0 Å². The highest BCUT2D eigenvalue weighted by molar-refractivity contribution is 6.04. The minimum atomic E-state index is -0.996. The highest BCUT2D eigenvalue weighted by Gasteiger charge is 2.06. The molecular formula is C22H19N3O3. The van der Waals surface area contributed by atoms with Crippen molar-refractivity contribution in [3.8, 4) is 0 Å². The van der Waals surface area contributed by atoms with Crippen LogP contribution in [0.1, 0.15) is 31.8 Å². The van der Waals surface area contributed by atoms with E-state index in [4.69, 9.17) is 5.11 Å². The summed E-state index contributed by atoms with van der Waals surface area (Å²) in [6.07, 6.45) is 1.59. The van der Waals surface area contributed by atoms with Crippen molar-refractivity contribution in [2.24, 2.45) is 5.10 Å². The Kier molecular flexibility index (Phi) is 5.81. The van der Waals surface area contributed by atoms with Gasteiger partial charge in [-0.25, -0.2) is 4.79 Å². The van der Waals surface area contributed by atoms with Crippen LogP contribution in [0.2, 0.25) is 0 Å². The smallest absolute Gasteiger partial charge is 0.335 e. The molecule has 0 heterocycles. The molecule has 3 aromatic carbocycles. The highest BCUT2D eigenvalue weighted by Crippen LogP contribution is 2.13. The third kappa shape index (κ3) is 5.04. The molecule has 1 amide bonds. The molecule has 6 nitrogen and oxygen atoms in total. The molecule has 140 valence electrons. The van der Waals surface area contributed by atoms with Crippen LogP contribution in [0.25, 0.3) is 0 Å². The van der Waals surface area contributed by atoms with Crippen molar-refractivity contribution in [1.82, 2.24) is 0 Å². The molecule has 0 unspecified atom stereocenters. The number of carbonyl (C=O) groups is 2. The van der Waals surface area contributed by atoms with E-state index in [0.29, 0.717) is 16.9 Å². The summed E-state index contributed by atoms with van der Waals surface area (Å²) in [6, 6.07) is 21.0. The maximum absolute atomic E-state index is 12.3. The molecule has 0 saturated heterocycles. The first-order valence-corrected chi connectivity index (χ1v) is 8.62. The first-order valence-electron chi connectivity index (χ1n) is 8.62. The zero-order chi connectivity index (χ0) is 19.9. The van der Waals surface area contributed by atoms with Crippen molar-refractivity contribution in [3.05, 3.63) is 95.1 Å². The quantitative estimate of drug-likeness (QED) is 0.441. The Morgan fingerprint density at radius 3 is 2.36 bits per heavy atom. The topological polar surface area (TPSA) is 90.8 Å². The monoisotopic (exact) mass is 373 g/mol. The van der Waals surface area contributed by atoms with Crippen LogP contribution in [-0.2, 0) is 0 Å². The molecule has 3 N–H and O–H groups in total. The number of hydrazone groups is 1. The van der Waals surface area contributed by atoms with E-state index in [0.717, 1.165) is 11.1 Å². The van der Waals surface area contributed by atoms with E-state index in [1.165, 1.54) is 12.1 Å². The molecule has 0 spiro atoms. The summed E-state index contributed by atoms with van der Waals surface area (Å²) in [6.45, 7) is 1.97. The van der Waals surface area contributed by atoms with Gasteiger partial charge < -0.3 is 10.4 Å². The van der Waals surface area contributed by atoms with Gasteiger partial charge in [0.05, 0.1) is 17.5 Å². The maximum Gasteiger partial charge on any atom is 0.335 e. The van der Waals surface area contributed by atoms with Crippen LogP contribution < -0.4 is 10.7 Å². The Morgan fingerprint density at radius 2 is 1.61 bits per heavy atom. The van der Waals surface area contributed by atoms with Crippen molar-refractivity contribution in [2.75, 3.05) is 10.7 Å². The van der Waals surface area contributed by atoms with Gasteiger partial charge in [0.25, 0.3) is 5.91 Å². The van der Waals surface area contributed by atoms with Gasteiger partial charge in [0.2, 0.25) is 0 Å². The number of nitrogens with zero attached hydrogens (tertiary/aromatic N) is 1. The fourth-order valence-corrected chi connectivity index (χ4v) is 2.51. The van der Waals surface area contributed by atoms with Crippen LogP contribution >= 0.6 is 0 Å². The zero-order valence-corrected chi connectivity index (χ0v) is 15.2. The number of hydrogen-bond acceptors (Lipinski definition) is 4. The van der Waals surface area contributed by atoms with Crippen LogP contribution in [0, 0.1) is 6.92 Å². The average Bonchev–Trinajstić information content (AvgIpc) is 2.69. The number of nitrogens with one attached hydrogen (secondary N) is 2. The summed E-state index contributed by atoms with van der Waals surface area (Å²) < 4.78 is 0. The summed E-state index contributed by atoms with van der Waals surface area (Å²) in [5.74, 6) is -1.18. The van der Waals surface area contributed by atoms with Gasteiger partial charge in [0.15, 0.2) is 0 Å². The number of hydrogen-bond donors (Lipinski definition) is 3. The van der Waals surface area contributed by atoms with Gasteiger partial charge in [-0.15, -0.1) is 0 Å². The summed E-state index contributed by atoms with van der Waals surface area (Å²) in [7, 11) is 0. The molecule has 0 radical (unpaired) electrons. The molecule has 6 heteroatoms. The summed E-state index contributed by atoms with van der Waals surface area (Å²) in [5, 5.41) is 16.0. The lowest BCUT2D eigenvalue weighted by Gasteiger charge is -2.06. The van der Waals surface area contributed by atoms with Gasteiger partial charge in [-0.05, 0) is 55.0 Å². The van der Waals surface area contributed by atoms with Gasteiger partial charge in [-0.2, -0.15) is 5.10 Å². The number of aromatic carboxylic acids is 1. The first kappa shape index (κ1) is 18.8. The minimum absolute atomic E-state index is 0.181. The number of carboxylic acids is 1. The fourth-order valence-electron chi connectivity index (χ4n) is 2.51. The molecule has 0 aliphatic carbocycles.